The Morgan fingerprint density at radius 1 is 1.35 bits per heavy atom. The maximum absolute atomic E-state index is 12.5. The Morgan fingerprint density at radius 3 is 2.80 bits per heavy atom. The van der Waals surface area contributed by atoms with E-state index in [0.29, 0.717) is 12.1 Å². The lowest BCUT2D eigenvalue weighted by atomic mass is 10.2. The predicted molar refractivity (Wildman–Crippen MR) is 78.7 cm³/mol. The van der Waals surface area contributed by atoms with Crippen molar-refractivity contribution < 1.29 is 13.2 Å². The molecule has 0 aliphatic carbocycles. The van der Waals surface area contributed by atoms with Gasteiger partial charge in [-0.05, 0) is 12.1 Å². The number of amides is 1. The lowest BCUT2D eigenvalue weighted by Gasteiger charge is -2.19. The highest BCUT2D eigenvalue weighted by Gasteiger charge is 2.26. The molecule has 108 valence electrons. The number of nitrogens with zero attached hydrogens (tertiary/aromatic N) is 1. The fraction of sp³-hybridized carbons (Fsp3) is 0.333. The van der Waals surface area contributed by atoms with E-state index < -0.39 is 10.0 Å². The molecular weight excluding hydrogens is 298 g/mol. The Bertz CT molecular complexity index is 643. The second kappa shape index (κ2) is 5.86. The lowest BCUT2D eigenvalue weighted by molar-refractivity contribution is -0.120. The monoisotopic (exact) mass is 313 g/mol. The van der Waals surface area contributed by atoms with Gasteiger partial charge in [0, 0.05) is 31.6 Å². The van der Waals surface area contributed by atoms with Gasteiger partial charge in [-0.2, -0.15) is 4.31 Å². The topological polar surface area (TPSA) is 92.5 Å². The lowest BCUT2D eigenvalue weighted by Crippen LogP contribution is -2.34. The summed E-state index contributed by atoms with van der Waals surface area (Å²) in [5.41, 5.74) is 6.02. The van der Waals surface area contributed by atoms with Crippen molar-refractivity contribution in [1.82, 2.24) is 9.62 Å². The van der Waals surface area contributed by atoms with Gasteiger partial charge in [-0.1, -0.05) is 24.4 Å². The Labute approximate surface area is 123 Å². The number of carbonyl (C=O) groups is 1. The summed E-state index contributed by atoms with van der Waals surface area (Å²) in [4.78, 5) is 11.6. The Kier molecular flexibility index (Phi) is 4.36. The number of nitrogens with one attached hydrogen (secondary N) is 1. The molecule has 1 aromatic carbocycles. The number of carbonyl (C=O) groups excluding carboxylic acids is 1. The molecule has 0 radical (unpaired) electrons. The van der Waals surface area contributed by atoms with Gasteiger partial charge in [-0.25, -0.2) is 8.42 Å². The molecule has 1 saturated heterocycles. The molecule has 1 fully saturated rings. The quantitative estimate of drug-likeness (QED) is 0.756. The molecule has 0 atom stereocenters. The Balaban J connectivity index is 2.32. The minimum atomic E-state index is -3.64. The summed E-state index contributed by atoms with van der Waals surface area (Å²) >= 11 is 4.85. The van der Waals surface area contributed by atoms with Gasteiger partial charge in [0.1, 0.15) is 4.99 Å². The molecule has 0 unspecified atom stereocenters. The van der Waals surface area contributed by atoms with Crippen LogP contribution in [0.3, 0.4) is 0 Å². The van der Waals surface area contributed by atoms with E-state index in [1.165, 1.54) is 16.4 Å². The van der Waals surface area contributed by atoms with Crippen molar-refractivity contribution in [2.24, 2.45) is 5.73 Å². The SMILES string of the molecule is NC(=S)c1cccc(S(=O)(=O)N2CCNC(=O)CC2)c1. The van der Waals surface area contributed by atoms with Crippen LogP contribution in [0.25, 0.3) is 0 Å². The molecular formula is C12H15N3O3S2. The minimum Gasteiger partial charge on any atom is -0.389 e. The van der Waals surface area contributed by atoms with Crippen LogP contribution in [-0.2, 0) is 14.8 Å². The molecule has 2 rings (SSSR count). The van der Waals surface area contributed by atoms with E-state index >= 15 is 0 Å². The maximum Gasteiger partial charge on any atom is 0.243 e. The van der Waals surface area contributed by atoms with E-state index in [1.807, 2.05) is 0 Å². The Hall–Kier alpha value is -1.51. The van der Waals surface area contributed by atoms with E-state index in [9.17, 15) is 13.2 Å². The molecule has 20 heavy (non-hydrogen) atoms. The van der Waals surface area contributed by atoms with E-state index in [1.54, 1.807) is 12.1 Å². The van der Waals surface area contributed by atoms with E-state index in [2.05, 4.69) is 5.32 Å². The van der Waals surface area contributed by atoms with Gasteiger partial charge in [0.15, 0.2) is 0 Å². The zero-order valence-corrected chi connectivity index (χ0v) is 12.3. The molecule has 0 bridgehead atoms. The summed E-state index contributed by atoms with van der Waals surface area (Å²) in [6.07, 6.45) is 0.161. The van der Waals surface area contributed by atoms with Crippen LogP contribution in [0.15, 0.2) is 29.2 Å². The predicted octanol–water partition coefficient (Wildman–Crippen LogP) is -0.169. The third kappa shape index (κ3) is 3.14. The molecule has 0 saturated carbocycles. The third-order valence-electron chi connectivity index (χ3n) is 3.03. The highest BCUT2D eigenvalue weighted by molar-refractivity contribution is 7.89. The fourth-order valence-corrected chi connectivity index (χ4v) is 3.56. The zero-order valence-electron chi connectivity index (χ0n) is 10.7. The van der Waals surface area contributed by atoms with Gasteiger partial charge < -0.3 is 11.1 Å². The highest BCUT2D eigenvalue weighted by Crippen LogP contribution is 2.18. The molecule has 1 aliphatic rings. The van der Waals surface area contributed by atoms with Crippen molar-refractivity contribution in [3.05, 3.63) is 29.8 Å². The van der Waals surface area contributed by atoms with Crippen LogP contribution in [0.2, 0.25) is 0 Å². The molecule has 0 aromatic heterocycles. The summed E-state index contributed by atoms with van der Waals surface area (Å²) in [5.74, 6) is -0.139. The Morgan fingerprint density at radius 2 is 2.10 bits per heavy atom. The number of rotatable bonds is 3. The van der Waals surface area contributed by atoms with Crippen LogP contribution >= 0.6 is 12.2 Å². The van der Waals surface area contributed by atoms with E-state index in [4.69, 9.17) is 18.0 Å². The minimum absolute atomic E-state index is 0.136. The maximum atomic E-state index is 12.5. The standard InChI is InChI=1S/C12H15N3O3S2/c13-12(19)9-2-1-3-10(8-9)20(17,18)15-6-4-11(16)14-5-7-15/h1-3,8H,4-7H2,(H2,13,19)(H,14,16). The zero-order chi connectivity index (χ0) is 14.8. The first-order valence-corrected chi connectivity index (χ1v) is 7.93. The summed E-state index contributed by atoms with van der Waals surface area (Å²) in [7, 11) is -3.64. The number of benzene rings is 1. The first-order chi connectivity index (χ1) is 9.41. The molecule has 0 spiro atoms. The van der Waals surface area contributed by atoms with Gasteiger partial charge in [0.2, 0.25) is 15.9 Å². The molecule has 3 N–H and O–H groups in total. The van der Waals surface area contributed by atoms with Crippen LogP contribution in [-0.4, -0.2) is 43.3 Å². The molecule has 1 aliphatic heterocycles. The summed E-state index contributed by atoms with van der Waals surface area (Å²) in [5, 5.41) is 2.64. The number of nitrogens with two attached hydrogens (primary N) is 1. The summed E-state index contributed by atoms with van der Waals surface area (Å²) in [6, 6.07) is 6.21. The smallest absolute Gasteiger partial charge is 0.243 e. The van der Waals surface area contributed by atoms with Gasteiger partial charge in [0.05, 0.1) is 4.90 Å². The van der Waals surface area contributed by atoms with Crippen LogP contribution in [0, 0.1) is 0 Å². The fourth-order valence-electron chi connectivity index (χ4n) is 1.95. The normalized spacial score (nSPS) is 17.3. The van der Waals surface area contributed by atoms with Gasteiger partial charge in [0.25, 0.3) is 0 Å². The van der Waals surface area contributed by atoms with E-state index in [0.717, 1.165) is 0 Å². The number of sulfonamides is 1. The van der Waals surface area contributed by atoms with Crippen molar-refractivity contribution in [2.45, 2.75) is 11.3 Å². The van der Waals surface area contributed by atoms with Crippen molar-refractivity contribution in [2.75, 3.05) is 19.6 Å². The average Bonchev–Trinajstić information content (AvgIpc) is 2.64. The number of hydrogen-bond donors (Lipinski definition) is 2. The van der Waals surface area contributed by atoms with Crippen molar-refractivity contribution in [1.29, 1.82) is 0 Å². The number of thiocarbonyl (C=S) groups is 1. The average molecular weight is 313 g/mol. The van der Waals surface area contributed by atoms with Crippen molar-refractivity contribution in [3.8, 4) is 0 Å². The molecule has 6 nitrogen and oxygen atoms in total. The number of hydrogen-bond acceptors (Lipinski definition) is 4. The van der Waals surface area contributed by atoms with Gasteiger partial charge in [-0.15, -0.1) is 0 Å². The molecule has 1 aromatic rings. The largest absolute Gasteiger partial charge is 0.389 e. The van der Waals surface area contributed by atoms with Crippen LogP contribution in [0.5, 0.6) is 0 Å². The van der Waals surface area contributed by atoms with E-state index in [-0.39, 0.29) is 35.3 Å². The van der Waals surface area contributed by atoms with Gasteiger partial charge >= 0.3 is 0 Å². The second-order valence-corrected chi connectivity index (χ2v) is 6.77. The summed E-state index contributed by atoms with van der Waals surface area (Å²) < 4.78 is 26.3. The van der Waals surface area contributed by atoms with Gasteiger partial charge in [-0.3, -0.25) is 4.79 Å². The van der Waals surface area contributed by atoms with Crippen LogP contribution in [0.4, 0.5) is 0 Å². The summed E-state index contributed by atoms with van der Waals surface area (Å²) in [6.45, 7) is 0.740. The van der Waals surface area contributed by atoms with Crippen LogP contribution in [0.1, 0.15) is 12.0 Å². The second-order valence-electron chi connectivity index (χ2n) is 4.40. The molecule has 1 amide bonds. The third-order valence-corrected chi connectivity index (χ3v) is 5.16. The van der Waals surface area contributed by atoms with Crippen molar-refractivity contribution in [3.63, 3.8) is 0 Å². The first-order valence-electron chi connectivity index (χ1n) is 6.08. The molecule has 1 heterocycles. The highest BCUT2D eigenvalue weighted by atomic mass is 32.2. The van der Waals surface area contributed by atoms with Crippen LogP contribution < -0.4 is 11.1 Å². The molecule has 8 heteroatoms. The first kappa shape index (κ1) is 14.9. The van der Waals surface area contributed by atoms with Crippen molar-refractivity contribution >= 4 is 33.1 Å².